The van der Waals surface area contributed by atoms with Gasteiger partial charge in [0.25, 0.3) is 0 Å². The van der Waals surface area contributed by atoms with E-state index < -0.39 is 17.3 Å². The summed E-state index contributed by atoms with van der Waals surface area (Å²) >= 11 is 5.88. The van der Waals surface area contributed by atoms with Gasteiger partial charge in [0.2, 0.25) is 0 Å². The largest absolute Gasteiger partial charge is 0.493 e. The Hall–Kier alpha value is -1.14. The summed E-state index contributed by atoms with van der Waals surface area (Å²) in [6.45, 7) is 4.45. The highest BCUT2D eigenvalue weighted by molar-refractivity contribution is 6.32. The van der Waals surface area contributed by atoms with Crippen molar-refractivity contribution in [3.8, 4) is 11.5 Å². The van der Waals surface area contributed by atoms with E-state index in [4.69, 9.17) is 21.1 Å². The average Bonchev–Trinajstić information content (AvgIpc) is 2.32. The third-order valence-corrected chi connectivity index (χ3v) is 3.01. The van der Waals surface area contributed by atoms with Crippen LogP contribution in [0.3, 0.4) is 0 Å². The molecule has 3 nitrogen and oxygen atoms in total. The van der Waals surface area contributed by atoms with E-state index in [-0.39, 0.29) is 23.1 Å². The number of ether oxygens (including phenoxy) is 2. The Morgan fingerprint density at radius 1 is 1.10 bits per heavy atom. The van der Waals surface area contributed by atoms with E-state index in [1.165, 1.54) is 6.07 Å². The second kappa shape index (κ2) is 6.10. The number of rotatable bonds is 5. The maximum Gasteiger partial charge on any atom is 0.421 e. The number of hydrogen-bond donors (Lipinski definition) is 1. The summed E-state index contributed by atoms with van der Waals surface area (Å²) in [5.41, 5.74) is -3.51. The molecule has 0 radical (unpaired) electrons. The second-order valence-electron chi connectivity index (χ2n) is 4.21. The molecule has 0 aromatic heterocycles. The highest BCUT2D eigenvalue weighted by Gasteiger charge is 2.52. The van der Waals surface area contributed by atoms with Crippen molar-refractivity contribution in [2.24, 2.45) is 0 Å². The molecule has 0 aliphatic rings. The van der Waals surface area contributed by atoms with Crippen molar-refractivity contribution >= 4 is 11.6 Å². The molecule has 0 bridgehead atoms. The van der Waals surface area contributed by atoms with Gasteiger partial charge >= 0.3 is 6.18 Å². The fourth-order valence-corrected chi connectivity index (χ4v) is 1.83. The average molecular weight is 313 g/mol. The lowest BCUT2D eigenvalue weighted by Crippen LogP contribution is -2.39. The van der Waals surface area contributed by atoms with Gasteiger partial charge in [-0.2, -0.15) is 13.2 Å². The van der Waals surface area contributed by atoms with Crippen molar-refractivity contribution in [2.45, 2.75) is 32.5 Å². The SMILES string of the molecule is CCOc1cc(OCC)c(C(C)(O)C(F)(F)F)cc1Cl. The molecule has 0 heterocycles. The van der Waals surface area contributed by atoms with Gasteiger partial charge in [0.15, 0.2) is 5.60 Å². The molecule has 0 aliphatic carbocycles. The summed E-state index contributed by atoms with van der Waals surface area (Å²) in [5.74, 6) is 0.0991. The topological polar surface area (TPSA) is 38.7 Å². The molecule has 0 saturated carbocycles. The first-order chi connectivity index (χ1) is 9.15. The van der Waals surface area contributed by atoms with Gasteiger partial charge in [-0.15, -0.1) is 0 Å². The molecule has 1 N–H and O–H groups in total. The fraction of sp³-hybridized carbons (Fsp3) is 0.538. The van der Waals surface area contributed by atoms with E-state index in [0.29, 0.717) is 13.5 Å². The highest BCUT2D eigenvalue weighted by Crippen LogP contribution is 2.45. The third-order valence-electron chi connectivity index (χ3n) is 2.71. The normalized spacial score (nSPS) is 14.8. The van der Waals surface area contributed by atoms with Crippen LogP contribution in [0.4, 0.5) is 13.2 Å². The minimum absolute atomic E-state index is 0.0187. The summed E-state index contributed by atoms with van der Waals surface area (Å²) in [7, 11) is 0. The molecule has 0 amide bonds. The van der Waals surface area contributed by atoms with Crippen molar-refractivity contribution in [2.75, 3.05) is 13.2 Å². The predicted molar refractivity (Wildman–Crippen MR) is 69.4 cm³/mol. The number of benzene rings is 1. The molecule has 1 unspecified atom stereocenters. The minimum atomic E-state index is -4.85. The molecule has 0 fully saturated rings. The van der Waals surface area contributed by atoms with Crippen molar-refractivity contribution in [1.82, 2.24) is 0 Å². The van der Waals surface area contributed by atoms with Crippen LogP contribution >= 0.6 is 11.6 Å². The van der Waals surface area contributed by atoms with Crippen LogP contribution in [-0.4, -0.2) is 24.5 Å². The second-order valence-corrected chi connectivity index (χ2v) is 4.62. The van der Waals surface area contributed by atoms with Crippen LogP contribution in [0.2, 0.25) is 5.02 Å². The van der Waals surface area contributed by atoms with Crippen LogP contribution in [0.25, 0.3) is 0 Å². The molecular weight excluding hydrogens is 297 g/mol. The van der Waals surface area contributed by atoms with Gasteiger partial charge in [-0.05, 0) is 26.8 Å². The predicted octanol–water partition coefficient (Wildman–Crippen LogP) is 3.91. The lowest BCUT2D eigenvalue weighted by Gasteiger charge is -2.29. The van der Waals surface area contributed by atoms with Gasteiger partial charge in [0.1, 0.15) is 11.5 Å². The molecule has 0 spiro atoms. The minimum Gasteiger partial charge on any atom is -0.493 e. The van der Waals surface area contributed by atoms with Crippen LogP contribution in [0.15, 0.2) is 12.1 Å². The zero-order valence-corrected chi connectivity index (χ0v) is 12.1. The smallest absolute Gasteiger partial charge is 0.421 e. The summed E-state index contributed by atoms with van der Waals surface area (Å²) < 4.78 is 49.2. The molecule has 1 aromatic carbocycles. The first kappa shape index (κ1) is 16.9. The zero-order valence-electron chi connectivity index (χ0n) is 11.3. The van der Waals surface area contributed by atoms with Gasteiger partial charge < -0.3 is 14.6 Å². The van der Waals surface area contributed by atoms with E-state index in [0.717, 1.165) is 6.07 Å². The molecule has 114 valence electrons. The van der Waals surface area contributed by atoms with E-state index in [1.54, 1.807) is 13.8 Å². The molecule has 1 aromatic rings. The lowest BCUT2D eigenvalue weighted by atomic mass is 9.94. The van der Waals surface area contributed by atoms with Crippen molar-refractivity contribution in [3.05, 3.63) is 22.7 Å². The Balaban J connectivity index is 3.42. The Bertz CT molecular complexity index is 473. The molecule has 1 atom stereocenters. The van der Waals surface area contributed by atoms with Gasteiger partial charge in [-0.25, -0.2) is 0 Å². The zero-order chi connectivity index (χ0) is 15.6. The van der Waals surface area contributed by atoms with Gasteiger partial charge in [-0.3, -0.25) is 0 Å². The standard InChI is InChI=1S/C13H16ClF3O3/c1-4-19-10-7-11(20-5-2)9(14)6-8(10)12(3,18)13(15,16)17/h6-7,18H,4-5H2,1-3H3. The summed E-state index contributed by atoms with van der Waals surface area (Å²) in [5, 5.41) is 9.75. The Morgan fingerprint density at radius 3 is 2.05 bits per heavy atom. The number of aliphatic hydroxyl groups is 1. The van der Waals surface area contributed by atoms with Gasteiger partial charge in [0, 0.05) is 11.6 Å². The molecule has 0 aliphatic heterocycles. The third kappa shape index (κ3) is 3.30. The first-order valence-corrected chi connectivity index (χ1v) is 6.41. The quantitative estimate of drug-likeness (QED) is 0.896. The van der Waals surface area contributed by atoms with Crippen LogP contribution in [-0.2, 0) is 5.60 Å². The molecule has 0 saturated heterocycles. The van der Waals surface area contributed by atoms with E-state index >= 15 is 0 Å². The highest BCUT2D eigenvalue weighted by atomic mass is 35.5. The van der Waals surface area contributed by atoms with E-state index in [1.807, 2.05) is 0 Å². The molecule has 20 heavy (non-hydrogen) atoms. The molecule has 7 heteroatoms. The summed E-state index contributed by atoms with van der Waals surface area (Å²) in [6, 6.07) is 2.27. The lowest BCUT2D eigenvalue weighted by molar-refractivity contribution is -0.259. The Labute approximate surface area is 120 Å². The molecule has 1 rings (SSSR count). The van der Waals surface area contributed by atoms with Gasteiger partial charge in [-0.1, -0.05) is 11.6 Å². The number of halogens is 4. The van der Waals surface area contributed by atoms with Crippen molar-refractivity contribution in [1.29, 1.82) is 0 Å². The Kier molecular flexibility index (Phi) is 5.15. The monoisotopic (exact) mass is 312 g/mol. The van der Waals surface area contributed by atoms with Crippen LogP contribution < -0.4 is 9.47 Å². The maximum atomic E-state index is 12.9. The summed E-state index contributed by atoms with van der Waals surface area (Å²) in [6.07, 6.45) is -4.85. The summed E-state index contributed by atoms with van der Waals surface area (Å²) in [4.78, 5) is 0. The fourth-order valence-electron chi connectivity index (χ4n) is 1.61. The van der Waals surface area contributed by atoms with Crippen molar-refractivity contribution in [3.63, 3.8) is 0 Å². The maximum absolute atomic E-state index is 12.9. The van der Waals surface area contributed by atoms with E-state index in [9.17, 15) is 18.3 Å². The Morgan fingerprint density at radius 2 is 1.60 bits per heavy atom. The van der Waals surface area contributed by atoms with Crippen LogP contribution in [0, 0.1) is 0 Å². The number of alkyl halides is 3. The number of hydrogen-bond acceptors (Lipinski definition) is 3. The van der Waals surface area contributed by atoms with E-state index in [2.05, 4.69) is 0 Å². The molecular formula is C13H16ClF3O3. The van der Waals surface area contributed by atoms with Gasteiger partial charge in [0.05, 0.1) is 18.2 Å². The van der Waals surface area contributed by atoms with Crippen molar-refractivity contribution < 1.29 is 27.8 Å². The first-order valence-electron chi connectivity index (χ1n) is 6.03. The van der Waals surface area contributed by atoms with Crippen LogP contribution in [0.5, 0.6) is 11.5 Å². The van der Waals surface area contributed by atoms with Crippen LogP contribution in [0.1, 0.15) is 26.3 Å².